The molecule has 4 rings (SSSR count). The molecule has 0 N–H and O–H groups in total. The molecule has 1 amide bonds. The summed E-state index contributed by atoms with van der Waals surface area (Å²) in [5.41, 5.74) is 3.48. The number of piperazine rings is 1. The summed E-state index contributed by atoms with van der Waals surface area (Å²) in [6, 6.07) is 11.8. The van der Waals surface area contributed by atoms with Crippen molar-refractivity contribution in [3.8, 4) is 5.75 Å². The Morgan fingerprint density at radius 2 is 1.93 bits per heavy atom. The zero-order valence-electron chi connectivity index (χ0n) is 16.8. The Balaban J connectivity index is 1.67. The predicted octanol–water partition coefficient (Wildman–Crippen LogP) is 3.38. The molecule has 6 heteroatoms. The van der Waals surface area contributed by atoms with Crippen LogP contribution in [0.5, 0.6) is 5.75 Å². The number of carbonyl (C=O) groups is 1. The fourth-order valence-corrected chi connectivity index (χ4v) is 3.90. The number of benzene rings is 1. The molecule has 1 fully saturated rings. The lowest BCUT2D eigenvalue weighted by Gasteiger charge is -2.34. The minimum absolute atomic E-state index is 0.0719. The summed E-state index contributed by atoms with van der Waals surface area (Å²) in [5, 5.41) is 0. The normalized spacial score (nSPS) is 15.3. The lowest BCUT2D eigenvalue weighted by atomic mass is 10.2. The van der Waals surface area contributed by atoms with Gasteiger partial charge in [0.25, 0.3) is 5.91 Å². The van der Waals surface area contributed by atoms with E-state index >= 15 is 0 Å². The van der Waals surface area contributed by atoms with Crippen LogP contribution < -0.4 is 4.74 Å². The molecule has 1 saturated heterocycles. The van der Waals surface area contributed by atoms with Crippen LogP contribution in [-0.2, 0) is 6.54 Å². The third-order valence-electron chi connectivity index (χ3n) is 5.51. The number of aromatic nitrogens is 1. The van der Waals surface area contributed by atoms with Crippen molar-refractivity contribution < 1.29 is 13.9 Å². The molecular formula is C22H27N3O3. The van der Waals surface area contributed by atoms with Gasteiger partial charge in [0.15, 0.2) is 5.58 Å². The third kappa shape index (κ3) is 3.52. The van der Waals surface area contributed by atoms with E-state index in [-0.39, 0.29) is 5.91 Å². The maximum absolute atomic E-state index is 13.3. The number of ether oxygens (including phenoxy) is 1. The Labute approximate surface area is 165 Å². The zero-order chi connectivity index (χ0) is 19.7. The Bertz CT molecular complexity index is 980. The molecule has 2 aromatic heterocycles. The van der Waals surface area contributed by atoms with Crippen molar-refractivity contribution in [3.63, 3.8) is 0 Å². The van der Waals surface area contributed by atoms with Gasteiger partial charge in [-0.2, -0.15) is 0 Å². The molecule has 148 valence electrons. The van der Waals surface area contributed by atoms with Gasteiger partial charge >= 0.3 is 0 Å². The van der Waals surface area contributed by atoms with E-state index in [9.17, 15) is 4.79 Å². The molecule has 0 saturated carbocycles. The first kappa shape index (κ1) is 18.6. The van der Waals surface area contributed by atoms with Crippen LogP contribution in [0.3, 0.4) is 0 Å². The molecule has 28 heavy (non-hydrogen) atoms. The fraction of sp³-hybridized carbons (Fsp3) is 0.409. The molecule has 0 spiro atoms. The van der Waals surface area contributed by atoms with Gasteiger partial charge in [0, 0.05) is 44.9 Å². The molecule has 1 aliphatic rings. The molecule has 1 aliphatic heterocycles. The van der Waals surface area contributed by atoms with Crippen molar-refractivity contribution in [1.82, 2.24) is 14.4 Å². The van der Waals surface area contributed by atoms with Crippen molar-refractivity contribution in [2.75, 3.05) is 39.8 Å². The number of aryl methyl sites for hydroxylation is 1. The summed E-state index contributed by atoms with van der Waals surface area (Å²) in [6.45, 7) is 9.09. The first-order chi connectivity index (χ1) is 13.6. The predicted molar refractivity (Wildman–Crippen MR) is 109 cm³/mol. The second-order valence-corrected chi connectivity index (χ2v) is 7.30. The average Bonchev–Trinajstić information content (AvgIpc) is 3.24. The van der Waals surface area contributed by atoms with Crippen LogP contribution in [0.4, 0.5) is 0 Å². The minimum Gasteiger partial charge on any atom is -0.497 e. The van der Waals surface area contributed by atoms with Gasteiger partial charge in [0.1, 0.15) is 17.2 Å². The Hall–Kier alpha value is -2.73. The van der Waals surface area contributed by atoms with E-state index in [0.717, 1.165) is 60.9 Å². The minimum atomic E-state index is 0.0719. The van der Waals surface area contributed by atoms with Gasteiger partial charge in [-0.25, -0.2) is 0 Å². The van der Waals surface area contributed by atoms with Gasteiger partial charge in [-0.1, -0.05) is 19.1 Å². The van der Waals surface area contributed by atoms with E-state index in [4.69, 9.17) is 9.15 Å². The summed E-state index contributed by atoms with van der Waals surface area (Å²) in [5.74, 6) is 1.73. The van der Waals surface area contributed by atoms with Crippen molar-refractivity contribution >= 4 is 17.0 Å². The van der Waals surface area contributed by atoms with E-state index < -0.39 is 0 Å². The lowest BCUT2D eigenvalue weighted by molar-refractivity contribution is 0.0633. The van der Waals surface area contributed by atoms with Crippen molar-refractivity contribution in [3.05, 3.63) is 53.4 Å². The topological polar surface area (TPSA) is 50.8 Å². The molecule has 0 aliphatic carbocycles. The van der Waals surface area contributed by atoms with Crippen LogP contribution in [-0.4, -0.2) is 60.1 Å². The number of hydrogen-bond donors (Lipinski definition) is 0. The van der Waals surface area contributed by atoms with E-state index in [0.29, 0.717) is 12.2 Å². The fourth-order valence-electron chi connectivity index (χ4n) is 3.90. The average molecular weight is 381 g/mol. The highest BCUT2D eigenvalue weighted by molar-refractivity contribution is 5.97. The van der Waals surface area contributed by atoms with Crippen molar-refractivity contribution in [2.45, 2.75) is 20.4 Å². The number of nitrogens with zero attached hydrogens (tertiary/aromatic N) is 3. The molecule has 3 heterocycles. The highest BCUT2D eigenvalue weighted by atomic mass is 16.5. The van der Waals surface area contributed by atoms with Crippen LogP contribution in [0.25, 0.3) is 11.1 Å². The van der Waals surface area contributed by atoms with Gasteiger partial charge in [-0.05, 0) is 31.2 Å². The number of fused-ring (bicyclic) bond motifs is 1. The van der Waals surface area contributed by atoms with Gasteiger partial charge in [-0.15, -0.1) is 0 Å². The van der Waals surface area contributed by atoms with Gasteiger partial charge in [0.2, 0.25) is 0 Å². The monoisotopic (exact) mass is 381 g/mol. The number of rotatable bonds is 5. The van der Waals surface area contributed by atoms with Crippen LogP contribution in [0.15, 0.2) is 40.8 Å². The molecule has 1 aromatic carbocycles. The zero-order valence-corrected chi connectivity index (χ0v) is 16.8. The Kier molecular flexibility index (Phi) is 5.13. The molecule has 0 unspecified atom stereocenters. The maximum atomic E-state index is 13.3. The van der Waals surface area contributed by atoms with E-state index in [1.54, 1.807) is 7.11 Å². The van der Waals surface area contributed by atoms with Crippen LogP contribution in [0.1, 0.15) is 28.7 Å². The summed E-state index contributed by atoms with van der Waals surface area (Å²) in [6.07, 6.45) is 0. The Morgan fingerprint density at radius 3 is 2.64 bits per heavy atom. The molecule has 0 atom stereocenters. The number of methoxy groups -OCH3 is 1. The first-order valence-corrected chi connectivity index (χ1v) is 9.83. The van der Waals surface area contributed by atoms with Crippen LogP contribution in [0.2, 0.25) is 0 Å². The Morgan fingerprint density at radius 1 is 1.14 bits per heavy atom. The van der Waals surface area contributed by atoms with Crippen molar-refractivity contribution in [1.29, 1.82) is 0 Å². The molecule has 0 bridgehead atoms. The van der Waals surface area contributed by atoms with Gasteiger partial charge in [0.05, 0.1) is 12.6 Å². The lowest BCUT2D eigenvalue weighted by Crippen LogP contribution is -2.48. The number of carbonyl (C=O) groups excluding carboxylic acids is 1. The molecule has 3 aromatic rings. The smallest absolute Gasteiger partial charge is 0.270 e. The summed E-state index contributed by atoms with van der Waals surface area (Å²) in [4.78, 5) is 17.6. The molecule has 6 nitrogen and oxygen atoms in total. The van der Waals surface area contributed by atoms with E-state index in [1.807, 2.05) is 42.2 Å². The van der Waals surface area contributed by atoms with Gasteiger partial charge < -0.3 is 23.5 Å². The molecular weight excluding hydrogens is 354 g/mol. The third-order valence-corrected chi connectivity index (χ3v) is 5.51. The second-order valence-electron chi connectivity index (χ2n) is 7.30. The number of likely N-dealkylation sites (N-methyl/N-ethyl adjacent to an activating group) is 1. The van der Waals surface area contributed by atoms with Crippen LogP contribution in [0, 0.1) is 6.92 Å². The highest BCUT2D eigenvalue weighted by Gasteiger charge is 2.26. The van der Waals surface area contributed by atoms with Crippen LogP contribution >= 0.6 is 0 Å². The summed E-state index contributed by atoms with van der Waals surface area (Å²) >= 11 is 0. The van der Waals surface area contributed by atoms with Gasteiger partial charge in [-0.3, -0.25) is 4.79 Å². The number of amides is 1. The SMILES string of the molecule is CCN1CCN(C(=O)c2cc3oc(C)cc3n2Cc2cccc(OC)c2)CC1. The largest absolute Gasteiger partial charge is 0.497 e. The summed E-state index contributed by atoms with van der Waals surface area (Å²) in [7, 11) is 1.66. The van der Waals surface area contributed by atoms with E-state index in [1.165, 1.54) is 0 Å². The molecule has 0 radical (unpaired) electrons. The van der Waals surface area contributed by atoms with E-state index in [2.05, 4.69) is 22.5 Å². The quantitative estimate of drug-likeness (QED) is 0.680. The highest BCUT2D eigenvalue weighted by Crippen LogP contribution is 2.26. The standard InChI is InChI=1S/C22H27N3O3/c1-4-23-8-10-24(11-9-23)22(26)20-14-21-19(12-16(2)28-21)25(20)15-17-6-5-7-18(13-17)27-3/h5-7,12-14H,4,8-11,15H2,1-3H3. The second kappa shape index (κ2) is 7.72. The number of hydrogen-bond acceptors (Lipinski definition) is 4. The summed E-state index contributed by atoms with van der Waals surface area (Å²) < 4.78 is 13.2. The van der Waals surface area contributed by atoms with Crippen molar-refractivity contribution in [2.24, 2.45) is 0 Å². The first-order valence-electron chi connectivity index (χ1n) is 9.83. The number of furan rings is 1. The maximum Gasteiger partial charge on any atom is 0.270 e.